The number of hydrogen-bond donors (Lipinski definition) is 0. The first kappa shape index (κ1) is 32.1. The number of aromatic nitrogens is 3. The van der Waals surface area contributed by atoms with Crippen LogP contribution in [0.4, 0.5) is 11.4 Å². The Morgan fingerprint density at radius 2 is 0.982 bits per heavy atom. The number of nitriles is 1. The van der Waals surface area contributed by atoms with Gasteiger partial charge in [-0.1, -0.05) is 103 Å². The van der Waals surface area contributed by atoms with Crippen molar-refractivity contribution in [2.75, 3.05) is 0 Å². The topological polar surface area (TPSA) is 47.3 Å². The molecular formula is C51H28N6. The van der Waals surface area contributed by atoms with Gasteiger partial charge in [-0.3, -0.25) is 0 Å². The van der Waals surface area contributed by atoms with Gasteiger partial charge in [-0.15, -0.1) is 0 Å². The van der Waals surface area contributed by atoms with Crippen molar-refractivity contribution in [3.8, 4) is 34.3 Å². The predicted molar refractivity (Wildman–Crippen MR) is 232 cm³/mol. The van der Waals surface area contributed by atoms with Crippen LogP contribution in [0.3, 0.4) is 0 Å². The minimum absolute atomic E-state index is 0.490. The number of hydrogen-bond acceptors (Lipinski definition) is 1. The van der Waals surface area contributed by atoms with E-state index in [1.165, 1.54) is 0 Å². The molecule has 6 nitrogen and oxygen atoms in total. The SMILES string of the molecule is [C-]#[N+]c1cc(-c2cccc(C#N)c2-n2c3ccc([N+]#[C-])cc3c3cccc(-n4c5ccccc5c5ccccc54)c32)cc(-n2c3ccccc3c3ccccc32)c1. The summed E-state index contributed by atoms with van der Waals surface area (Å²) in [5.41, 5.74) is 11.7. The van der Waals surface area contributed by atoms with Crippen LogP contribution in [-0.4, -0.2) is 13.7 Å². The number of rotatable bonds is 4. The molecule has 0 spiro atoms. The van der Waals surface area contributed by atoms with Crippen LogP contribution in [-0.2, 0) is 0 Å². The van der Waals surface area contributed by atoms with Crippen molar-refractivity contribution in [3.63, 3.8) is 0 Å². The summed E-state index contributed by atoms with van der Waals surface area (Å²) < 4.78 is 6.74. The summed E-state index contributed by atoms with van der Waals surface area (Å²) >= 11 is 0. The Morgan fingerprint density at radius 1 is 0.439 bits per heavy atom. The second kappa shape index (κ2) is 12.3. The van der Waals surface area contributed by atoms with Gasteiger partial charge >= 0.3 is 0 Å². The van der Waals surface area contributed by atoms with Crippen molar-refractivity contribution in [1.82, 2.24) is 13.7 Å². The van der Waals surface area contributed by atoms with Gasteiger partial charge in [0.2, 0.25) is 0 Å². The lowest BCUT2D eigenvalue weighted by Gasteiger charge is -2.19. The normalized spacial score (nSPS) is 11.5. The monoisotopic (exact) mass is 724 g/mol. The van der Waals surface area contributed by atoms with Crippen LogP contribution in [0, 0.1) is 24.5 Å². The molecule has 0 saturated carbocycles. The van der Waals surface area contributed by atoms with Crippen LogP contribution in [0.25, 0.3) is 103 Å². The molecule has 0 N–H and O–H groups in total. The molecule has 3 heterocycles. The average molecular weight is 725 g/mol. The highest BCUT2D eigenvalue weighted by atomic mass is 15.1. The first-order chi connectivity index (χ1) is 28.2. The smallest absolute Gasteiger partial charge is 0.189 e. The van der Waals surface area contributed by atoms with Crippen LogP contribution in [0.5, 0.6) is 0 Å². The standard InChI is InChI=1S/C51H28N6/c1-53-34-25-26-48-43(30-34)42-19-12-24-49(56-46-22-9-5-16-40(46)41-17-6-10-23-47(41)56)51(42)57(48)50-32(31-52)13-11-18-37(50)33-27-35(54-2)29-36(28-33)55-44-20-7-3-14-38(44)39-15-4-8-21-45(39)55/h3-30H. The van der Waals surface area contributed by atoms with Gasteiger partial charge in [0, 0.05) is 38.2 Å². The molecule has 0 aliphatic rings. The molecule has 57 heavy (non-hydrogen) atoms. The summed E-state index contributed by atoms with van der Waals surface area (Å²) in [6.07, 6.45) is 0. The first-order valence-corrected chi connectivity index (χ1v) is 18.6. The maximum Gasteiger partial charge on any atom is 0.189 e. The summed E-state index contributed by atoms with van der Waals surface area (Å²) in [4.78, 5) is 7.79. The zero-order chi connectivity index (χ0) is 38.2. The maximum absolute atomic E-state index is 10.9. The lowest BCUT2D eigenvalue weighted by atomic mass is 9.98. The minimum atomic E-state index is 0.490. The van der Waals surface area contributed by atoms with E-state index in [1.54, 1.807) is 0 Å². The molecule has 0 amide bonds. The Morgan fingerprint density at radius 3 is 1.58 bits per heavy atom. The molecule has 11 aromatic rings. The Bertz CT molecular complexity index is 3520. The Kier molecular flexibility index (Phi) is 6.95. The van der Waals surface area contributed by atoms with E-state index >= 15 is 0 Å². The molecule has 0 bridgehead atoms. The third-order valence-corrected chi connectivity index (χ3v) is 11.3. The average Bonchev–Trinajstić information content (AvgIpc) is 3.91. The van der Waals surface area contributed by atoms with Gasteiger partial charge in [-0.25, -0.2) is 9.69 Å². The van der Waals surface area contributed by atoms with Crippen molar-refractivity contribution in [2.24, 2.45) is 0 Å². The molecule has 0 aliphatic carbocycles. The molecule has 262 valence electrons. The summed E-state index contributed by atoms with van der Waals surface area (Å²) in [6.45, 7) is 16.2. The van der Waals surface area contributed by atoms with Crippen molar-refractivity contribution >= 4 is 76.8 Å². The van der Waals surface area contributed by atoms with E-state index in [-0.39, 0.29) is 0 Å². The van der Waals surface area contributed by atoms with Crippen LogP contribution >= 0.6 is 0 Å². The van der Waals surface area contributed by atoms with Crippen LogP contribution in [0.2, 0.25) is 0 Å². The van der Waals surface area contributed by atoms with E-state index in [2.05, 4.69) is 139 Å². The summed E-state index contributed by atoms with van der Waals surface area (Å²) in [5, 5.41) is 17.4. The van der Waals surface area contributed by atoms with Crippen molar-refractivity contribution < 1.29 is 0 Å². The zero-order valence-corrected chi connectivity index (χ0v) is 30.3. The molecule has 11 rings (SSSR count). The van der Waals surface area contributed by atoms with E-state index in [9.17, 15) is 5.26 Å². The number of fused-ring (bicyclic) bond motifs is 9. The van der Waals surface area contributed by atoms with Gasteiger partial charge in [0.15, 0.2) is 11.4 Å². The fraction of sp³-hybridized carbons (Fsp3) is 0. The quantitative estimate of drug-likeness (QED) is 0.167. The number of benzene rings is 8. The molecule has 0 saturated heterocycles. The third-order valence-electron chi connectivity index (χ3n) is 11.3. The molecule has 0 radical (unpaired) electrons. The summed E-state index contributed by atoms with van der Waals surface area (Å²) in [6, 6.07) is 60.1. The molecule has 0 aliphatic heterocycles. The molecular weight excluding hydrogens is 697 g/mol. The predicted octanol–water partition coefficient (Wildman–Crippen LogP) is 13.6. The highest BCUT2D eigenvalue weighted by Crippen LogP contribution is 2.44. The van der Waals surface area contributed by atoms with Gasteiger partial charge in [-0.05, 0) is 77.7 Å². The largest absolute Gasteiger partial charge is 0.310 e. The second-order valence-corrected chi connectivity index (χ2v) is 14.2. The summed E-state index contributed by atoms with van der Waals surface area (Å²) in [7, 11) is 0. The van der Waals surface area contributed by atoms with Crippen molar-refractivity contribution in [2.45, 2.75) is 0 Å². The van der Waals surface area contributed by atoms with E-state index in [1.807, 2.05) is 60.7 Å². The minimum Gasteiger partial charge on any atom is -0.310 e. The molecule has 8 aromatic carbocycles. The van der Waals surface area contributed by atoms with Gasteiger partial charge in [0.05, 0.1) is 63.2 Å². The van der Waals surface area contributed by atoms with Gasteiger partial charge in [-0.2, -0.15) is 5.26 Å². The number of para-hydroxylation sites is 6. The molecule has 6 heteroatoms. The molecule has 0 atom stereocenters. The third kappa shape index (κ3) is 4.61. The Balaban J connectivity index is 1.27. The Hall–Kier alpha value is -8.37. The van der Waals surface area contributed by atoms with E-state index in [0.717, 1.165) is 87.9 Å². The van der Waals surface area contributed by atoms with E-state index in [4.69, 9.17) is 13.1 Å². The highest BCUT2D eigenvalue weighted by molar-refractivity contribution is 6.16. The first-order valence-electron chi connectivity index (χ1n) is 18.6. The highest BCUT2D eigenvalue weighted by Gasteiger charge is 2.24. The van der Waals surface area contributed by atoms with E-state index < -0.39 is 0 Å². The van der Waals surface area contributed by atoms with Crippen LogP contribution in [0.1, 0.15) is 5.56 Å². The summed E-state index contributed by atoms with van der Waals surface area (Å²) in [5.74, 6) is 0. The fourth-order valence-electron chi connectivity index (χ4n) is 8.96. The van der Waals surface area contributed by atoms with Crippen LogP contribution in [0.15, 0.2) is 170 Å². The molecule has 0 fully saturated rings. The van der Waals surface area contributed by atoms with E-state index in [0.29, 0.717) is 22.6 Å². The maximum atomic E-state index is 10.9. The van der Waals surface area contributed by atoms with Crippen molar-refractivity contribution in [1.29, 1.82) is 5.26 Å². The second-order valence-electron chi connectivity index (χ2n) is 14.2. The number of nitrogens with zero attached hydrogens (tertiary/aromatic N) is 6. The molecule has 3 aromatic heterocycles. The van der Waals surface area contributed by atoms with Gasteiger partial charge in [0.25, 0.3) is 0 Å². The Labute approximate surface area is 327 Å². The van der Waals surface area contributed by atoms with Gasteiger partial charge < -0.3 is 13.7 Å². The molecule has 0 unspecified atom stereocenters. The van der Waals surface area contributed by atoms with Gasteiger partial charge in [0.1, 0.15) is 6.07 Å². The van der Waals surface area contributed by atoms with Crippen molar-refractivity contribution in [3.05, 3.63) is 198 Å². The van der Waals surface area contributed by atoms with Crippen LogP contribution < -0.4 is 0 Å². The lowest BCUT2D eigenvalue weighted by Crippen LogP contribution is -2.04. The zero-order valence-electron chi connectivity index (χ0n) is 30.3. The fourth-order valence-corrected chi connectivity index (χ4v) is 8.96. The lowest BCUT2D eigenvalue weighted by molar-refractivity contribution is 1.12.